The molecule has 1 aromatic rings. The zero-order valence-corrected chi connectivity index (χ0v) is 8.16. The highest BCUT2D eigenvalue weighted by Gasteiger charge is 2.24. The van der Waals surface area contributed by atoms with Crippen molar-refractivity contribution in [2.75, 3.05) is 0 Å². The van der Waals surface area contributed by atoms with Crippen LogP contribution in [0, 0.1) is 0 Å². The lowest BCUT2D eigenvalue weighted by Crippen LogP contribution is -2.22. The summed E-state index contributed by atoms with van der Waals surface area (Å²) in [7, 11) is 0. The van der Waals surface area contributed by atoms with E-state index in [1.54, 1.807) is 0 Å². The van der Waals surface area contributed by atoms with Crippen molar-refractivity contribution < 1.29 is 0 Å². The first-order chi connectivity index (χ1) is 6.20. The van der Waals surface area contributed by atoms with Gasteiger partial charge in [-0.05, 0) is 24.8 Å². The van der Waals surface area contributed by atoms with Gasteiger partial charge in [0.05, 0.1) is 0 Å². The first-order valence-corrected chi connectivity index (χ1v) is 4.91. The minimum atomic E-state index is 0.208. The Kier molecular flexibility index (Phi) is 1.98. The lowest BCUT2D eigenvalue weighted by molar-refractivity contribution is 0.683. The Morgan fingerprint density at radius 3 is 2.69 bits per heavy atom. The zero-order valence-electron chi connectivity index (χ0n) is 8.16. The summed E-state index contributed by atoms with van der Waals surface area (Å²) in [6, 6.07) is 4.41. The Balaban J connectivity index is 2.48. The molecular formula is C11H15NO. The third-order valence-corrected chi connectivity index (χ3v) is 2.57. The van der Waals surface area contributed by atoms with Crippen molar-refractivity contribution in [3.8, 4) is 0 Å². The predicted molar refractivity (Wildman–Crippen MR) is 53.1 cm³/mol. The van der Waals surface area contributed by atoms with E-state index in [2.05, 4.69) is 13.8 Å². The molecule has 2 heteroatoms. The molecule has 1 aliphatic rings. The first-order valence-electron chi connectivity index (χ1n) is 4.91. The summed E-state index contributed by atoms with van der Waals surface area (Å²) in [6.07, 6.45) is 4.24. The van der Waals surface area contributed by atoms with E-state index in [1.807, 2.05) is 22.9 Å². The van der Waals surface area contributed by atoms with Crippen LogP contribution in [0.1, 0.15) is 44.2 Å². The molecule has 0 atom stereocenters. The van der Waals surface area contributed by atoms with Crippen molar-refractivity contribution in [2.45, 2.75) is 38.6 Å². The second kappa shape index (κ2) is 3.02. The first kappa shape index (κ1) is 8.54. The smallest absolute Gasteiger partial charge is 0.254 e. The van der Waals surface area contributed by atoms with Crippen molar-refractivity contribution >= 4 is 0 Å². The second-order valence-electron chi connectivity index (χ2n) is 4.06. The largest absolute Gasteiger partial charge is 0.312 e. The summed E-state index contributed by atoms with van der Waals surface area (Å²) in [5.41, 5.74) is 1.15. The molecule has 0 bridgehead atoms. The molecule has 1 saturated carbocycles. The summed E-state index contributed by atoms with van der Waals surface area (Å²) in [5.74, 6) is 0.332. The molecule has 1 fully saturated rings. The van der Waals surface area contributed by atoms with Crippen LogP contribution in [0.3, 0.4) is 0 Å². The Hall–Kier alpha value is -1.05. The van der Waals surface area contributed by atoms with Gasteiger partial charge in [-0.2, -0.15) is 0 Å². The lowest BCUT2D eigenvalue weighted by Gasteiger charge is -2.08. The van der Waals surface area contributed by atoms with E-state index >= 15 is 0 Å². The average Bonchev–Trinajstić information content (AvgIpc) is 2.87. The van der Waals surface area contributed by atoms with E-state index in [1.165, 1.54) is 12.8 Å². The second-order valence-corrected chi connectivity index (χ2v) is 4.06. The van der Waals surface area contributed by atoms with Crippen LogP contribution < -0.4 is 5.56 Å². The van der Waals surface area contributed by atoms with Crippen LogP contribution in [0.15, 0.2) is 23.1 Å². The molecule has 2 nitrogen and oxygen atoms in total. The highest BCUT2D eigenvalue weighted by molar-refractivity contribution is 5.15. The molecule has 0 radical (unpaired) electrons. The van der Waals surface area contributed by atoms with Gasteiger partial charge in [0, 0.05) is 17.8 Å². The van der Waals surface area contributed by atoms with Gasteiger partial charge in [-0.3, -0.25) is 4.79 Å². The van der Waals surface area contributed by atoms with E-state index in [4.69, 9.17) is 0 Å². The maximum Gasteiger partial charge on any atom is 0.254 e. The van der Waals surface area contributed by atoms with E-state index in [0.717, 1.165) is 5.56 Å². The topological polar surface area (TPSA) is 22.0 Å². The maximum atomic E-state index is 11.9. The molecule has 1 aliphatic carbocycles. The predicted octanol–water partition coefficient (Wildman–Crippen LogP) is 2.31. The Morgan fingerprint density at radius 2 is 2.15 bits per heavy atom. The zero-order chi connectivity index (χ0) is 9.42. The van der Waals surface area contributed by atoms with Gasteiger partial charge in [-0.25, -0.2) is 0 Å². The minimum Gasteiger partial charge on any atom is -0.312 e. The van der Waals surface area contributed by atoms with E-state index in [0.29, 0.717) is 12.0 Å². The van der Waals surface area contributed by atoms with E-state index in [9.17, 15) is 4.79 Å². The monoisotopic (exact) mass is 177 g/mol. The summed E-state index contributed by atoms with van der Waals surface area (Å²) in [5, 5.41) is 0. The van der Waals surface area contributed by atoms with Gasteiger partial charge in [-0.1, -0.05) is 19.9 Å². The van der Waals surface area contributed by atoms with Crippen molar-refractivity contribution in [2.24, 2.45) is 0 Å². The van der Waals surface area contributed by atoms with Gasteiger partial charge in [0.1, 0.15) is 0 Å². The quantitative estimate of drug-likeness (QED) is 0.679. The molecule has 1 aromatic heterocycles. The molecule has 0 aliphatic heterocycles. The van der Waals surface area contributed by atoms with Crippen LogP contribution in [0.25, 0.3) is 0 Å². The lowest BCUT2D eigenvalue weighted by atomic mass is 10.1. The van der Waals surface area contributed by atoms with Gasteiger partial charge >= 0.3 is 0 Å². The minimum absolute atomic E-state index is 0.208. The fourth-order valence-corrected chi connectivity index (χ4v) is 1.61. The molecule has 0 unspecified atom stereocenters. The number of pyridine rings is 1. The number of nitrogens with zero attached hydrogens (tertiary/aromatic N) is 1. The Morgan fingerprint density at radius 1 is 1.46 bits per heavy atom. The molecule has 13 heavy (non-hydrogen) atoms. The number of aromatic nitrogens is 1. The van der Waals surface area contributed by atoms with Crippen LogP contribution in [0.2, 0.25) is 0 Å². The number of hydrogen-bond donors (Lipinski definition) is 0. The maximum absolute atomic E-state index is 11.9. The average molecular weight is 177 g/mol. The third kappa shape index (κ3) is 1.53. The Labute approximate surface area is 78.2 Å². The van der Waals surface area contributed by atoms with Gasteiger partial charge in [-0.15, -0.1) is 0 Å². The van der Waals surface area contributed by atoms with Gasteiger partial charge in [0.2, 0.25) is 0 Å². The molecule has 70 valence electrons. The fourth-order valence-electron chi connectivity index (χ4n) is 1.61. The standard InChI is InChI=1S/C11H15NO/c1-8(2)10-4-3-7-12(11(10)13)9-5-6-9/h3-4,7-9H,5-6H2,1-2H3. The molecular weight excluding hydrogens is 162 g/mol. The van der Waals surface area contributed by atoms with Crippen LogP contribution in [0.4, 0.5) is 0 Å². The SMILES string of the molecule is CC(C)c1cccn(C2CC2)c1=O. The van der Waals surface area contributed by atoms with Crippen LogP contribution in [-0.2, 0) is 0 Å². The highest BCUT2D eigenvalue weighted by Crippen LogP contribution is 2.33. The van der Waals surface area contributed by atoms with Crippen molar-refractivity contribution in [3.63, 3.8) is 0 Å². The van der Waals surface area contributed by atoms with E-state index in [-0.39, 0.29) is 5.56 Å². The van der Waals surface area contributed by atoms with Crippen molar-refractivity contribution in [1.29, 1.82) is 0 Å². The molecule has 2 rings (SSSR count). The fraction of sp³-hybridized carbons (Fsp3) is 0.545. The summed E-state index contributed by atoms with van der Waals surface area (Å²) < 4.78 is 1.88. The van der Waals surface area contributed by atoms with Crippen LogP contribution >= 0.6 is 0 Å². The van der Waals surface area contributed by atoms with Gasteiger partial charge in [0.25, 0.3) is 5.56 Å². The molecule has 1 heterocycles. The van der Waals surface area contributed by atoms with Gasteiger partial charge in [0.15, 0.2) is 0 Å². The van der Waals surface area contributed by atoms with Crippen molar-refractivity contribution in [3.05, 3.63) is 34.2 Å². The summed E-state index contributed by atoms with van der Waals surface area (Å²) >= 11 is 0. The van der Waals surface area contributed by atoms with Crippen LogP contribution in [0.5, 0.6) is 0 Å². The molecule has 0 N–H and O–H groups in total. The normalized spacial score (nSPS) is 16.5. The highest BCUT2D eigenvalue weighted by atomic mass is 16.1. The van der Waals surface area contributed by atoms with Gasteiger partial charge < -0.3 is 4.57 Å². The van der Waals surface area contributed by atoms with Crippen LogP contribution in [-0.4, -0.2) is 4.57 Å². The molecule has 0 aromatic carbocycles. The summed E-state index contributed by atoms with van der Waals surface area (Å²) in [6.45, 7) is 4.13. The van der Waals surface area contributed by atoms with E-state index < -0.39 is 0 Å². The van der Waals surface area contributed by atoms with Crippen molar-refractivity contribution in [1.82, 2.24) is 4.57 Å². The third-order valence-electron chi connectivity index (χ3n) is 2.57. The summed E-state index contributed by atoms with van der Waals surface area (Å²) in [4.78, 5) is 11.9. The Bertz CT molecular complexity index is 337. The molecule has 0 saturated heterocycles. The molecule has 0 spiro atoms. The number of rotatable bonds is 2. The molecule has 0 amide bonds. The number of hydrogen-bond acceptors (Lipinski definition) is 1.